The second-order valence-corrected chi connectivity index (χ2v) is 6.15. The molecule has 5 heteroatoms. The van der Waals surface area contributed by atoms with Gasteiger partial charge < -0.3 is 10.2 Å². The van der Waals surface area contributed by atoms with Crippen molar-refractivity contribution in [2.75, 3.05) is 24.5 Å². The van der Waals surface area contributed by atoms with Gasteiger partial charge in [0.1, 0.15) is 0 Å². The summed E-state index contributed by atoms with van der Waals surface area (Å²) in [6.45, 7) is 2.42. The fourth-order valence-corrected chi connectivity index (χ4v) is 3.32. The van der Waals surface area contributed by atoms with Crippen molar-refractivity contribution in [1.82, 2.24) is 15.5 Å². The molecule has 0 atom stereocenters. The van der Waals surface area contributed by atoms with Crippen molar-refractivity contribution in [3.05, 3.63) is 71.9 Å². The zero-order chi connectivity index (χ0) is 17.1. The Kier molecular flexibility index (Phi) is 4.21. The Bertz CT molecular complexity index is 872. The first-order valence-corrected chi connectivity index (χ1v) is 8.53. The van der Waals surface area contributed by atoms with Gasteiger partial charge in [0.25, 0.3) is 5.91 Å². The monoisotopic (exact) mass is 332 g/mol. The number of para-hydroxylation sites is 1. The Labute approximate surface area is 146 Å². The number of carbonyl (C=O) groups is 1. The van der Waals surface area contributed by atoms with Crippen LogP contribution in [-0.2, 0) is 6.42 Å². The number of amides is 1. The molecule has 1 amide bonds. The van der Waals surface area contributed by atoms with Gasteiger partial charge >= 0.3 is 0 Å². The van der Waals surface area contributed by atoms with Crippen molar-refractivity contribution in [1.29, 1.82) is 0 Å². The van der Waals surface area contributed by atoms with Crippen molar-refractivity contribution >= 4 is 11.6 Å². The van der Waals surface area contributed by atoms with Gasteiger partial charge in [-0.15, -0.1) is 0 Å². The topological polar surface area (TPSA) is 61.0 Å². The van der Waals surface area contributed by atoms with E-state index in [1.807, 2.05) is 30.3 Å². The molecule has 0 saturated heterocycles. The van der Waals surface area contributed by atoms with E-state index in [4.69, 9.17) is 0 Å². The Morgan fingerprint density at radius 2 is 1.92 bits per heavy atom. The third kappa shape index (κ3) is 3.13. The lowest BCUT2D eigenvalue weighted by molar-refractivity contribution is 0.0955. The van der Waals surface area contributed by atoms with E-state index in [0.717, 1.165) is 30.8 Å². The molecular formula is C20H20N4O. The molecule has 4 rings (SSSR count). The second-order valence-electron chi connectivity index (χ2n) is 6.15. The minimum absolute atomic E-state index is 0.0971. The average molecular weight is 332 g/mol. The van der Waals surface area contributed by atoms with Crippen LogP contribution in [-0.4, -0.2) is 35.7 Å². The van der Waals surface area contributed by atoms with E-state index >= 15 is 0 Å². The van der Waals surface area contributed by atoms with Gasteiger partial charge in [-0.3, -0.25) is 9.89 Å². The third-order valence-electron chi connectivity index (χ3n) is 4.60. The number of rotatable bonds is 5. The summed E-state index contributed by atoms with van der Waals surface area (Å²) in [5.41, 5.74) is 4.95. The van der Waals surface area contributed by atoms with E-state index in [2.05, 4.69) is 44.7 Å². The standard InChI is InChI=1S/C20H20N4O/c25-20(17-14-22-23-19(17)16-7-2-1-3-8-16)21-11-13-24-12-10-15-6-4-5-9-18(15)24/h1-9,14H,10-13H2,(H,21,25)(H,22,23). The fourth-order valence-electron chi connectivity index (χ4n) is 3.32. The van der Waals surface area contributed by atoms with Crippen LogP contribution in [0.1, 0.15) is 15.9 Å². The first-order valence-electron chi connectivity index (χ1n) is 8.53. The number of hydrogen-bond acceptors (Lipinski definition) is 3. The summed E-state index contributed by atoms with van der Waals surface area (Å²) in [5.74, 6) is -0.0971. The summed E-state index contributed by atoms with van der Waals surface area (Å²) in [4.78, 5) is 14.9. The Morgan fingerprint density at radius 3 is 2.80 bits per heavy atom. The van der Waals surface area contributed by atoms with Crippen LogP contribution in [0.25, 0.3) is 11.3 Å². The molecule has 3 aromatic rings. The van der Waals surface area contributed by atoms with E-state index in [1.165, 1.54) is 11.3 Å². The molecule has 25 heavy (non-hydrogen) atoms. The summed E-state index contributed by atoms with van der Waals surface area (Å²) >= 11 is 0. The summed E-state index contributed by atoms with van der Waals surface area (Å²) in [7, 11) is 0. The predicted molar refractivity (Wildman–Crippen MR) is 98.7 cm³/mol. The summed E-state index contributed by atoms with van der Waals surface area (Å²) < 4.78 is 0. The number of H-pyrrole nitrogens is 1. The SMILES string of the molecule is O=C(NCCN1CCc2ccccc21)c1cn[nH]c1-c1ccccc1. The molecule has 1 aliphatic rings. The van der Waals surface area contributed by atoms with Crippen LogP contribution < -0.4 is 10.2 Å². The number of anilines is 1. The van der Waals surface area contributed by atoms with Crippen LogP contribution in [0.15, 0.2) is 60.8 Å². The maximum atomic E-state index is 12.5. The minimum atomic E-state index is -0.0971. The van der Waals surface area contributed by atoms with Gasteiger partial charge in [0, 0.05) is 30.9 Å². The maximum Gasteiger partial charge on any atom is 0.255 e. The lowest BCUT2D eigenvalue weighted by atomic mass is 10.1. The first-order chi connectivity index (χ1) is 12.3. The molecule has 1 aromatic heterocycles. The van der Waals surface area contributed by atoms with Crippen molar-refractivity contribution < 1.29 is 4.79 Å². The number of aromatic nitrogens is 2. The predicted octanol–water partition coefficient (Wildman–Crippen LogP) is 2.87. The summed E-state index contributed by atoms with van der Waals surface area (Å²) in [6.07, 6.45) is 2.66. The van der Waals surface area contributed by atoms with E-state index in [1.54, 1.807) is 6.20 Å². The van der Waals surface area contributed by atoms with Crippen molar-refractivity contribution in [2.24, 2.45) is 0 Å². The molecule has 0 spiro atoms. The number of nitrogens with one attached hydrogen (secondary N) is 2. The Balaban J connectivity index is 1.39. The molecule has 126 valence electrons. The second kappa shape index (κ2) is 6.81. The number of carbonyl (C=O) groups excluding carboxylic acids is 1. The number of aromatic amines is 1. The molecule has 2 heterocycles. The van der Waals surface area contributed by atoms with Crippen LogP contribution >= 0.6 is 0 Å². The number of fused-ring (bicyclic) bond motifs is 1. The molecule has 1 aliphatic heterocycles. The van der Waals surface area contributed by atoms with Gasteiger partial charge in [-0.05, 0) is 18.1 Å². The zero-order valence-electron chi connectivity index (χ0n) is 13.9. The first kappa shape index (κ1) is 15.4. The molecule has 5 nitrogen and oxygen atoms in total. The van der Waals surface area contributed by atoms with Crippen molar-refractivity contribution in [3.8, 4) is 11.3 Å². The highest BCUT2D eigenvalue weighted by molar-refractivity contribution is 5.99. The van der Waals surface area contributed by atoms with Crippen LogP contribution in [0.3, 0.4) is 0 Å². The highest BCUT2D eigenvalue weighted by Crippen LogP contribution is 2.26. The molecule has 0 radical (unpaired) electrons. The van der Waals surface area contributed by atoms with Crippen LogP contribution in [0.5, 0.6) is 0 Å². The summed E-state index contributed by atoms with van der Waals surface area (Å²) in [5, 5.41) is 9.98. The Morgan fingerprint density at radius 1 is 1.12 bits per heavy atom. The van der Waals surface area contributed by atoms with Crippen LogP contribution in [0, 0.1) is 0 Å². The molecule has 0 aliphatic carbocycles. The third-order valence-corrected chi connectivity index (χ3v) is 4.60. The molecule has 2 N–H and O–H groups in total. The highest BCUT2D eigenvalue weighted by Gasteiger charge is 2.19. The van der Waals surface area contributed by atoms with Gasteiger partial charge in [0.2, 0.25) is 0 Å². The average Bonchev–Trinajstić information content (AvgIpc) is 3.30. The van der Waals surface area contributed by atoms with Gasteiger partial charge in [0.15, 0.2) is 0 Å². The van der Waals surface area contributed by atoms with E-state index < -0.39 is 0 Å². The smallest absolute Gasteiger partial charge is 0.255 e. The van der Waals surface area contributed by atoms with Gasteiger partial charge in [0.05, 0.1) is 17.5 Å². The molecule has 2 aromatic carbocycles. The number of nitrogens with zero attached hydrogens (tertiary/aromatic N) is 2. The minimum Gasteiger partial charge on any atom is -0.369 e. The quantitative estimate of drug-likeness (QED) is 0.755. The van der Waals surface area contributed by atoms with Crippen LogP contribution in [0.2, 0.25) is 0 Å². The van der Waals surface area contributed by atoms with E-state index in [0.29, 0.717) is 12.1 Å². The molecule has 0 bridgehead atoms. The zero-order valence-corrected chi connectivity index (χ0v) is 13.9. The number of hydrogen-bond donors (Lipinski definition) is 2. The highest BCUT2D eigenvalue weighted by atomic mass is 16.1. The van der Waals surface area contributed by atoms with Gasteiger partial charge in [-0.2, -0.15) is 5.10 Å². The van der Waals surface area contributed by atoms with Gasteiger partial charge in [-0.1, -0.05) is 48.5 Å². The normalized spacial score (nSPS) is 12.9. The van der Waals surface area contributed by atoms with Crippen molar-refractivity contribution in [3.63, 3.8) is 0 Å². The van der Waals surface area contributed by atoms with E-state index in [-0.39, 0.29) is 5.91 Å². The summed E-state index contributed by atoms with van der Waals surface area (Å²) in [6, 6.07) is 18.2. The molecule has 0 saturated carbocycles. The molecular weight excluding hydrogens is 312 g/mol. The fraction of sp³-hybridized carbons (Fsp3) is 0.200. The molecule has 0 unspecified atom stereocenters. The number of benzene rings is 2. The van der Waals surface area contributed by atoms with E-state index in [9.17, 15) is 4.79 Å². The largest absolute Gasteiger partial charge is 0.369 e. The lowest BCUT2D eigenvalue weighted by Crippen LogP contribution is -2.34. The van der Waals surface area contributed by atoms with Crippen LogP contribution in [0.4, 0.5) is 5.69 Å². The maximum absolute atomic E-state index is 12.5. The Hall–Kier alpha value is -3.08. The van der Waals surface area contributed by atoms with Gasteiger partial charge in [-0.25, -0.2) is 0 Å². The molecule has 0 fully saturated rings. The van der Waals surface area contributed by atoms with Crippen molar-refractivity contribution in [2.45, 2.75) is 6.42 Å². The lowest BCUT2D eigenvalue weighted by Gasteiger charge is -2.19.